The molecule has 1 amide bonds. The van der Waals surface area contributed by atoms with Crippen LogP contribution in [0.3, 0.4) is 0 Å². The van der Waals surface area contributed by atoms with Crippen LogP contribution in [0.15, 0.2) is 41.2 Å². The van der Waals surface area contributed by atoms with Crippen molar-refractivity contribution in [2.24, 2.45) is 0 Å². The number of hydrogen-bond donors (Lipinski definition) is 2. The van der Waals surface area contributed by atoms with Crippen LogP contribution in [0.4, 0.5) is 5.69 Å². The maximum absolute atomic E-state index is 12.6. The Bertz CT molecular complexity index is 1130. The lowest BCUT2D eigenvalue weighted by atomic mass is 10.1. The van der Waals surface area contributed by atoms with Crippen molar-refractivity contribution in [2.75, 3.05) is 32.6 Å². The van der Waals surface area contributed by atoms with Crippen LogP contribution in [0.1, 0.15) is 25.2 Å². The predicted octanol–water partition coefficient (Wildman–Crippen LogP) is 2.96. The maximum Gasteiger partial charge on any atom is 0.258 e. The Balaban J connectivity index is 1.76. The summed E-state index contributed by atoms with van der Waals surface area (Å²) in [5, 5.41) is 3.35. The summed E-state index contributed by atoms with van der Waals surface area (Å²) in [6, 6.07) is 11.1. The van der Waals surface area contributed by atoms with Gasteiger partial charge in [-0.1, -0.05) is 26.0 Å². The molecule has 0 atom stereocenters. The number of carbonyl (C=O) groups excluding carboxylic acids is 1. The van der Waals surface area contributed by atoms with Crippen molar-refractivity contribution < 1.29 is 14.3 Å². The van der Waals surface area contributed by atoms with Crippen LogP contribution >= 0.6 is 0 Å². The molecule has 1 heterocycles. The van der Waals surface area contributed by atoms with Gasteiger partial charge in [-0.15, -0.1) is 0 Å². The second-order valence-corrected chi connectivity index (χ2v) is 7.14. The third-order valence-corrected chi connectivity index (χ3v) is 5.07. The molecule has 0 radical (unpaired) electrons. The molecule has 0 spiro atoms. The summed E-state index contributed by atoms with van der Waals surface area (Å²) in [4.78, 5) is 34.4. The summed E-state index contributed by atoms with van der Waals surface area (Å²) in [6.07, 6.45) is 0.905. The lowest BCUT2D eigenvalue weighted by molar-refractivity contribution is -0.117. The van der Waals surface area contributed by atoms with E-state index in [1.807, 2.05) is 36.1 Å². The van der Waals surface area contributed by atoms with Gasteiger partial charge in [-0.2, -0.15) is 0 Å². The van der Waals surface area contributed by atoms with Gasteiger partial charge in [-0.05, 0) is 36.7 Å². The third-order valence-electron chi connectivity index (χ3n) is 5.07. The smallest absolute Gasteiger partial charge is 0.258 e. The fourth-order valence-corrected chi connectivity index (χ4v) is 3.35. The van der Waals surface area contributed by atoms with Crippen LogP contribution in [-0.4, -0.2) is 48.1 Å². The average Bonchev–Trinajstić information content (AvgIpc) is 2.77. The number of fused-ring (bicyclic) bond motifs is 1. The largest absolute Gasteiger partial charge is 0.493 e. The van der Waals surface area contributed by atoms with E-state index in [1.165, 1.54) is 14.2 Å². The SMILES string of the molecule is CCc1cccc(NC(=O)CN(CC)Cc2nc3cc(OC)c(OC)cc3c(=O)[nH]2)c1. The topological polar surface area (TPSA) is 96.6 Å². The van der Waals surface area contributed by atoms with Crippen LogP contribution in [0.2, 0.25) is 0 Å². The first-order valence-electron chi connectivity index (χ1n) is 10.2. The first-order chi connectivity index (χ1) is 15.0. The molecular formula is C23H28N4O4. The molecule has 0 fully saturated rings. The number of methoxy groups -OCH3 is 2. The Kier molecular flexibility index (Phi) is 7.25. The molecule has 0 aliphatic carbocycles. The molecule has 3 aromatic rings. The van der Waals surface area contributed by atoms with Gasteiger partial charge in [-0.25, -0.2) is 4.98 Å². The number of hydrogen-bond acceptors (Lipinski definition) is 6. The molecule has 8 heteroatoms. The minimum Gasteiger partial charge on any atom is -0.493 e. The predicted molar refractivity (Wildman–Crippen MR) is 121 cm³/mol. The number of benzene rings is 2. The quantitative estimate of drug-likeness (QED) is 0.548. The van der Waals surface area contributed by atoms with E-state index in [-0.39, 0.29) is 18.0 Å². The van der Waals surface area contributed by atoms with E-state index in [0.717, 1.165) is 17.7 Å². The summed E-state index contributed by atoms with van der Waals surface area (Å²) in [6.45, 7) is 5.16. The Morgan fingerprint density at radius 1 is 1.13 bits per heavy atom. The summed E-state index contributed by atoms with van der Waals surface area (Å²) < 4.78 is 10.6. The minimum atomic E-state index is -0.266. The molecule has 31 heavy (non-hydrogen) atoms. The summed E-state index contributed by atoms with van der Waals surface area (Å²) >= 11 is 0. The summed E-state index contributed by atoms with van der Waals surface area (Å²) in [5.41, 5.74) is 2.18. The monoisotopic (exact) mass is 424 g/mol. The number of nitrogens with zero attached hydrogens (tertiary/aromatic N) is 2. The number of aryl methyl sites for hydroxylation is 1. The van der Waals surface area contributed by atoms with E-state index in [4.69, 9.17) is 9.47 Å². The van der Waals surface area contributed by atoms with E-state index < -0.39 is 0 Å². The summed E-state index contributed by atoms with van der Waals surface area (Å²) in [5.74, 6) is 1.33. The van der Waals surface area contributed by atoms with E-state index >= 15 is 0 Å². The summed E-state index contributed by atoms with van der Waals surface area (Å²) in [7, 11) is 3.05. The average molecular weight is 425 g/mol. The number of carbonyl (C=O) groups is 1. The molecule has 2 N–H and O–H groups in total. The van der Waals surface area contributed by atoms with Gasteiger partial charge in [0.15, 0.2) is 11.5 Å². The molecule has 0 bridgehead atoms. The fourth-order valence-electron chi connectivity index (χ4n) is 3.35. The maximum atomic E-state index is 12.6. The van der Waals surface area contributed by atoms with Crippen molar-refractivity contribution in [3.05, 3.63) is 58.1 Å². The van der Waals surface area contributed by atoms with Crippen LogP contribution in [0.5, 0.6) is 11.5 Å². The van der Waals surface area contributed by atoms with Crippen molar-refractivity contribution in [3.8, 4) is 11.5 Å². The highest BCUT2D eigenvalue weighted by atomic mass is 16.5. The second kappa shape index (κ2) is 10.1. The zero-order valence-corrected chi connectivity index (χ0v) is 18.3. The zero-order chi connectivity index (χ0) is 22.4. The van der Waals surface area contributed by atoms with Gasteiger partial charge in [0.05, 0.1) is 38.2 Å². The molecular weight excluding hydrogens is 396 g/mol. The Labute approximate surface area is 181 Å². The first-order valence-corrected chi connectivity index (χ1v) is 10.2. The highest BCUT2D eigenvalue weighted by Crippen LogP contribution is 2.29. The first kappa shape index (κ1) is 22.3. The normalized spacial score (nSPS) is 11.0. The van der Waals surface area contributed by atoms with Crippen molar-refractivity contribution in [2.45, 2.75) is 26.8 Å². The van der Waals surface area contributed by atoms with Gasteiger partial charge in [0.25, 0.3) is 5.56 Å². The van der Waals surface area contributed by atoms with Gasteiger partial charge >= 0.3 is 0 Å². The number of H-pyrrole nitrogens is 1. The van der Waals surface area contributed by atoms with Crippen LogP contribution < -0.4 is 20.3 Å². The molecule has 0 aliphatic heterocycles. The Morgan fingerprint density at radius 2 is 1.87 bits per heavy atom. The Morgan fingerprint density at radius 3 is 2.55 bits per heavy atom. The molecule has 3 rings (SSSR count). The highest BCUT2D eigenvalue weighted by Gasteiger charge is 2.15. The van der Waals surface area contributed by atoms with Gasteiger partial charge in [0.2, 0.25) is 5.91 Å². The van der Waals surface area contributed by atoms with Gasteiger partial charge < -0.3 is 19.8 Å². The third kappa shape index (κ3) is 5.40. The van der Waals surface area contributed by atoms with E-state index in [0.29, 0.717) is 41.3 Å². The number of rotatable bonds is 9. The van der Waals surface area contributed by atoms with Crippen LogP contribution in [-0.2, 0) is 17.8 Å². The number of amides is 1. The highest BCUT2D eigenvalue weighted by molar-refractivity contribution is 5.92. The number of likely N-dealkylation sites (N-methyl/N-ethyl adjacent to an activating group) is 1. The molecule has 0 unspecified atom stereocenters. The number of anilines is 1. The zero-order valence-electron chi connectivity index (χ0n) is 18.3. The van der Waals surface area contributed by atoms with Gasteiger partial charge in [-0.3, -0.25) is 14.5 Å². The standard InChI is InChI=1S/C23H28N4O4/c1-5-15-8-7-9-16(10-15)24-22(28)14-27(6-2)13-21-25-18-12-20(31-4)19(30-3)11-17(18)23(29)26-21/h7-12H,5-6,13-14H2,1-4H3,(H,24,28)(H,25,26,29). The van der Waals surface area contributed by atoms with E-state index in [2.05, 4.69) is 22.2 Å². The molecule has 164 valence electrons. The van der Waals surface area contributed by atoms with Crippen molar-refractivity contribution in [1.29, 1.82) is 0 Å². The van der Waals surface area contributed by atoms with Crippen molar-refractivity contribution in [3.63, 3.8) is 0 Å². The van der Waals surface area contributed by atoms with Crippen LogP contribution in [0, 0.1) is 0 Å². The second-order valence-electron chi connectivity index (χ2n) is 7.14. The van der Waals surface area contributed by atoms with Crippen molar-refractivity contribution >= 4 is 22.5 Å². The molecule has 2 aromatic carbocycles. The van der Waals surface area contributed by atoms with Gasteiger partial charge in [0.1, 0.15) is 5.82 Å². The fraction of sp³-hybridized carbons (Fsp3) is 0.348. The molecule has 8 nitrogen and oxygen atoms in total. The van der Waals surface area contributed by atoms with E-state index in [1.54, 1.807) is 12.1 Å². The molecule has 0 saturated heterocycles. The van der Waals surface area contributed by atoms with Gasteiger partial charge in [0, 0.05) is 11.8 Å². The molecule has 0 saturated carbocycles. The minimum absolute atomic E-state index is 0.121. The van der Waals surface area contributed by atoms with Crippen LogP contribution in [0.25, 0.3) is 10.9 Å². The van der Waals surface area contributed by atoms with Crippen molar-refractivity contribution in [1.82, 2.24) is 14.9 Å². The number of nitrogens with one attached hydrogen (secondary N) is 2. The van der Waals surface area contributed by atoms with E-state index in [9.17, 15) is 9.59 Å². The lowest BCUT2D eigenvalue weighted by Crippen LogP contribution is -2.33. The Hall–Kier alpha value is -3.39. The number of aromatic amines is 1. The molecule has 1 aromatic heterocycles. The lowest BCUT2D eigenvalue weighted by Gasteiger charge is -2.19. The molecule has 0 aliphatic rings. The number of ether oxygens (including phenoxy) is 2. The number of aromatic nitrogens is 2.